The van der Waals surface area contributed by atoms with Gasteiger partial charge in [0.1, 0.15) is 12.5 Å². The molecule has 0 aliphatic carbocycles. The van der Waals surface area contributed by atoms with E-state index in [0.717, 1.165) is 5.56 Å². The number of nitrogens with zero attached hydrogens (tertiary/aromatic N) is 1. The summed E-state index contributed by atoms with van der Waals surface area (Å²) in [6, 6.07) is 9.23. The molecule has 5 heteroatoms. The highest BCUT2D eigenvalue weighted by Crippen LogP contribution is 2.08. The highest BCUT2D eigenvalue weighted by atomic mass is 16.6. The SMILES string of the molecule is CC[C@H](C[N+](=O)[O-])C(=O)OCc1ccccc1. The lowest BCUT2D eigenvalue weighted by atomic mass is 10.1. The van der Waals surface area contributed by atoms with E-state index in [1.54, 1.807) is 6.92 Å². The Labute approximate surface area is 99.5 Å². The standard InChI is InChI=1S/C12H15NO4/c1-2-11(8-13(15)16)12(14)17-9-10-6-4-3-5-7-10/h3-7,11H,2,8-9H2,1H3/t11-/m1/s1. The summed E-state index contributed by atoms with van der Waals surface area (Å²) in [5.74, 6) is -1.17. The van der Waals surface area contributed by atoms with Gasteiger partial charge in [0.15, 0.2) is 0 Å². The first-order valence-electron chi connectivity index (χ1n) is 5.45. The number of hydrogen-bond donors (Lipinski definition) is 0. The zero-order valence-corrected chi connectivity index (χ0v) is 9.67. The molecule has 0 aliphatic rings. The first-order valence-corrected chi connectivity index (χ1v) is 5.45. The number of ether oxygens (including phenoxy) is 1. The summed E-state index contributed by atoms with van der Waals surface area (Å²) in [5, 5.41) is 10.3. The smallest absolute Gasteiger partial charge is 0.315 e. The van der Waals surface area contributed by atoms with Crippen LogP contribution in [0.1, 0.15) is 18.9 Å². The molecule has 17 heavy (non-hydrogen) atoms. The fourth-order valence-corrected chi connectivity index (χ4v) is 1.40. The van der Waals surface area contributed by atoms with Crippen molar-refractivity contribution in [2.75, 3.05) is 6.54 Å². The molecule has 1 aromatic rings. The lowest BCUT2D eigenvalue weighted by molar-refractivity contribution is -0.486. The number of carbonyl (C=O) groups is 1. The van der Waals surface area contributed by atoms with Crippen LogP contribution in [-0.4, -0.2) is 17.4 Å². The van der Waals surface area contributed by atoms with Crippen LogP contribution < -0.4 is 0 Å². The van der Waals surface area contributed by atoms with Crippen LogP contribution in [0.4, 0.5) is 0 Å². The lowest BCUT2D eigenvalue weighted by Gasteiger charge is -2.10. The molecule has 0 N–H and O–H groups in total. The molecule has 1 atom stereocenters. The van der Waals surface area contributed by atoms with E-state index in [0.29, 0.717) is 6.42 Å². The van der Waals surface area contributed by atoms with Crippen molar-refractivity contribution in [2.24, 2.45) is 5.92 Å². The van der Waals surface area contributed by atoms with Crippen molar-refractivity contribution in [1.82, 2.24) is 0 Å². The topological polar surface area (TPSA) is 69.4 Å². The molecule has 0 aliphatic heterocycles. The van der Waals surface area contributed by atoms with Crippen LogP contribution in [0.15, 0.2) is 30.3 Å². The molecule has 0 bridgehead atoms. The van der Waals surface area contributed by atoms with Gasteiger partial charge in [0.2, 0.25) is 6.54 Å². The Hall–Kier alpha value is -1.91. The molecule has 5 nitrogen and oxygen atoms in total. The van der Waals surface area contributed by atoms with Gasteiger partial charge in [-0.1, -0.05) is 37.3 Å². The van der Waals surface area contributed by atoms with Crippen LogP contribution in [0.3, 0.4) is 0 Å². The van der Waals surface area contributed by atoms with Gasteiger partial charge in [0, 0.05) is 4.92 Å². The van der Waals surface area contributed by atoms with Crippen LogP contribution in [0.2, 0.25) is 0 Å². The first-order chi connectivity index (χ1) is 8.13. The highest BCUT2D eigenvalue weighted by molar-refractivity contribution is 5.72. The quantitative estimate of drug-likeness (QED) is 0.431. The van der Waals surface area contributed by atoms with Crippen LogP contribution >= 0.6 is 0 Å². The third kappa shape index (κ3) is 4.63. The number of rotatable bonds is 6. The molecule has 0 radical (unpaired) electrons. The van der Waals surface area contributed by atoms with Crippen molar-refractivity contribution in [3.63, 3.8) is 0 Å². The maximum absolute atomic E-state index is 11.6. The Balaban J connectivity index is 2.45. The second kappa shape index (κ2) is 6.62. The van der Waals surface area contributed by atoms with E-state index in [2.05, 4.69) is 0 Å². The van der Waals surface area contributed by atoms with Crippen molar-refractivity contribution in [3.05, 3.63) is 46.0 Å². The molecule has 92 valence electrons. The Bertz CT molecular complexity index is 377. The summed E-state index contributed by atoms with van der Waals surface area (Å²) in [6.07, 6.45) is 0.411. The maximum atomic E-state index is 11.6. The van der Waals surface area contributed by atoms with Crippen molar-refractivity contribution in [3.8, 4) is 0 Å². The summed E-state index contributed by atoms with van der Waals surface area (Å²) in [5.41, 5.74) is 0.872. The fourth-order valence-electron chi connectivity index (χ4n) is 1.40. The molecule has 1 aromatic carbocycles. The van der Waals surface area contributed by atoms with Crippen LogP contribution in [0.5, 0.6) is 0 Å². The van der Waals surface area contributed by atoms with Gasteiger partial charge in [0.25, 0.3) is 0 Å². The van der Waals surface area contributed by atoms with Gasteiger partial charge in [-0.3, -0.25) is 14.9 Å². The molecule has 0 aromatic heterocycles. The minimum absolute atomic E-state index is 0.161. The Morgan fingerprint density at radius 1 is 1.41 bits per heavy atom. The van der Waals surface area contributed by atoms with Gasteiger partial charge in [-0.15, -0.1) is 0 Å². The molecule has 0 heterocycles. The summed E-state index contributed by atoms with van der Waals surface area (Å²) in [6.45, 7) is 1.52. The predicted molar refractivity (Wildman–Crippen MR) is 61.9 cm³/mol. The average molecular weight is 237 g/mol. The molecule has 0 amide bonds. The third-order valence-electron chi connectivity index (χ3n) is 2.42. The summed E-state index contributed by atoms with van der Waals surface area (Å²) < 4.78 is 5.04. The van der Waals surface area contributed by atoms with Crippen molar-refractivity contribution in [2.45, 2.75) is 20.0 Å². The molecule has 0 saturated heterocycles. The molecule has 0 spiro atoms. The average Bonchev–Trinajstić information content (AvgIpc) is 2.34. The predicted octanol–water partition coefficient (Wildman–Crippen LogP) is 2.03. The van der Waals surface area contributed by atoms with Gasteiger partial charge >= 0.3 is 5.97 Å². The van der Waals surface area contributed by atoms with E-state index >= 15 is 0 Å². The minimum atomic E-state index is -0.659. The molecular weight excluding hydrogens is 222 g/mol. The zero-order chi connectivity index (χ0) is 12.7. The summed E-state index contributed by atoms with van der Waals surface area (Å²) >= 11 is 0. The van der Waals surface area contributed by atoms with E-state index in [4.69, 9.17) is 4.74 Å². The summed E-state index contributed by atoms with van der Waals surface area (Å²) in [7, 11) is 0. The van der Waals surface area contributed by atoms with Gasteiger partial charge < -0.3 is 4.74 Å². The maximum Gasteiger partial charge on any atom is 0.315 e. The number of esters is 1. The third-order valence-corrected chi connectivity index (χ3v) is 2.42. The molecular formula is C12H15NO4. The van der Waals surface area contributed by atoms with E-state index in [1.807, 2.05) is 30.3 Å². The highest BCUT2D eigenvalue weighted by Gasteiger charge is 2.23. The van der Waals surface area contributed by atoms with E-state index in [-0.39, 0.29) is 13.2 Å². The van der Waals surface area contributed by atoms with E-state index < -0.39 is 16.8 Å². The second-order valence-electron chi connectivity index (χ2n) is 3.71. The van der Waals surface area contributed by atoms with Crippen LogP contribution in [0.25, 0.3) is 0 Å². The zero-order valence-electron chi connectivity index (χ0n) is 9.67. The van der Waals surface area contributed by atoms with Crippen molar-refractivity contribution in [1.29, 1.82) is 0 Å². The van der Waals surface area contributed by atoms with Crippen LogP contribution in [-0.2, 0) is 16.1 Å². The molecule has 0 unspecified atom stereocenters. The Morgan fingerprint density at radius 3 is 2.59 bits per heavy atom. The van der Waals surface area contributed by atoms with Gasteiger partial charge in [0.05, 0.1) is 0 Å². The largest absolute Gasteiger partial charge is 0.460 e. The van der Waals surface area contributed by atoms with Crippen molar-refractivity contribution >= 4 is 5.97 Å². The van der Waals surface area contributed by atoms with E-state index in [9.17, 15) is 14.9 Å². The number of nitro groups is 1. The number of benzene rings is 1. The van der Waals surface area contributed by atoms with E-state index in [1.165, 1.54) is 0 Å². The minimum Gasteiger partial charge on any atom is -0.460 e. The monoisotopic (exact) mass is 237 g/mol. The lowest BCUT2D eigenvalue weighted by Crippen LogP contribution is -2.24. The van der Waals surface area contributed by atoms with Gasteiger partial charge in [-0.25, -0.2) is 0 Å². The molecule has 1 rings (SSSR count). The van der Waals surface area contributed by atoms with Crippen LogP contribution in [0, 0.1) is 16.0 Å². The second-order valence-corrected chi connectivity index (χ2v) is 3.71. The first kappa shape index (κ1) is 13.2. The number of carbonyl (C=O) groups excluding carboxylic acids is 1. The van der Waals surface area contributed by atoms with Crippen molar-refractivity contribution < 1.29 is 14.5 Å². The summed E-state index contributed by atoms with van der Waals surface area (Å²) in [4.78, 5) is 21.4. The fraction of sp³-hybridized carbons (Fsp3) is 0.417. The van der Waals surface area contributed by atoms with Gasteiger partial charge in [-0.05, 0) is 12.0 Å². The number of hydrogen-bond acceptors (Lipinski definition) is 4. The molecule has 0 fully saturated rings. The molecule has 0 saturated carbocycles. The Morgan fingerprint density at radius 2 is 2.06 bits per heavy atom. The normalized spacial score (nSPS) is 11.8. The van der Waals surface area contributed by atoms with Gasteiger partial charge in [-0.2, -0.15) is 0 Å². The Kier molecular flexibility index (Phi) is 5.13.